The van der Waals surface area contributed by atoms with Crippen molar-refractivity contribution in [1.29, 1.82) is 0 Å². The molecule has 0 unspecified atom stereocenters. The summed E-state index contributed by atoms with van der Waals surface area (Å²) in [5.41, 5.74) is 2.63. The van der Waals surface area contributed by atoms with Crippen LogP contribution in [0, 0.1) is 13.8 Å². The number of rotatable bonds is 4. The number of likely N-dealkylation sites (N-methyl/N-ethyl adjacent to an activating group) is 1. The topological polar surface area (TPSA) is 70.2 Å². The standard InChI is InChI=1S/C19H29N3O2/c1-13-8-9-14(2)16(12-13)15(3)21-18(24)22-19(17(23)20-4)10-6-5-7-11-19/h8-9,12,15H,5-7,10-11H2,1-4H3,(H,20,23)(H2,21,22,24)/t15-/m1/s1. The Morgan fingerprint density at radius 1 is 1.12 bits per heavy atom. The molecule has 1 aliphatic carbocycles. The lowest BCUT2D eigenvalue weighted by molar-refractivity contribution is -0.128. The Bertz CT molecular complexity index is 607. The van der Waals surface area contributed by atoms with Gasteiger partial charge in [-0.05, 0) is 44.7 Å². The molecule has 3 amide bonds. The van der Waals surface area contributed by atoms with Crippen LogP contribution in [-0.2, 0) is 4.79 Å². The lowest BCUT2D eigenvalue weighted by atomic mass is 9.81. The molecular weight excluding hydrogens is 302 g/mol. The van der Waals surface area contributed by atoms with E-state index in [1.807, 2.05) is 20.8 Å². The molecule has 2 rings (SSSR count). The number of hydrogen-bond acceptors (Lipinski definition) is 2. The zero-order valence-electron chi connectivity index (χ0n) is 15.2. The number of aryl methyl sites for hydroxylation is 2. The summed E-state index contributed by atoms with van der Waals surface area (Å²) in [4.78, 5) is 24.8. The van der Waals surface area contributed by atoms with Crippen LogP contribution < -0.4 is 16.0 Å². The van der Waals surface area contributed by atoms with Gasteiger partial charge in [-0.1, -0.05) is 43.0 Å². The molecule has 1 atom stereocenters. The van der Waals surface area contributed by atoms with E-state index in [1.165, 1.54) is 5.56 Å². The van der Waals surface area contributed by atoms with Crippen LogP contribution in [0.5, 0.6) is 0 Å². The van der Waals surface area contributed by atoms with E-state index in [0.717, 1.165) is 30.4 Å². The van der Waals surface area contributed by atoms with Crippen molar-refractivity contribution in [3.05, 3.63) is 34.9 Å². The predicted octanol–water partition coefficient (Wildman–Crippen LogP) is 3.11. The number of carbonyl (C=O) groups excluding carboxylic acids is 2. The largest absolute Gasteiger partial charge is 0.357 e. The third-order valence-corrected chi connectivity index (χ3v) is 4.97. The highest BCUT2D eigenvalue weighted by atomic mass is 16.2. The summed E-state index contributed by atoms with van der Waals surface area (Å²) in [5, 5.41) is 8.64. The Morgan fingerprint density at radius 3 is 2.42 bits per heavy atom. The highest BCUT2D eigenvalue weighted by Crippen LogP contribution is 2.28. The van der Waals surface area contributed by atoms with E-state index in [-0.39, 0.29) is 18.0 Å². The molecule has 5 nitrogen and oxygen atoms in total. The second-order valence-corrected chi connectivity index (χ2v) is 6.90. The molecule has 1 saturated carbocycles. The number of carbonyl (C=O) groups is 2. The van der Waals surface area contributed by atoms with Crippen LogP contribution in [0.1, 0.15) is 61.8 Å². The average molecular weight is 331 g/mol. The Balaban J connectivity index is 2.08. The normalized spacial score (nSPS) is 17.7. The number of amides is 3. The molecular formula is C19H29N3O2. The monoisotopic (exact) mass is 331 g/mol. The maximum Gasteiger partial charge on any atom is 0.316 e. The first-order valence-electron chi connectivity index (χ1n) is 8.76. The van der Waals surface area contributed by atoms with Crippen LogP contribution in [-0.4, -0.2) is 24.5 Å². The molecule has 1 aliphatic rings. The molecule has 0 spiro atoms. The average Bonchev–Trinajstić information content (AvgIpc) is 2.56. The summed E-state index contributed by atoms with van der Waals surface area (Å²) in [5.74, 6) is -0.100. The van der Waals surface area contributed by atoms with Gasteiger partial charge in [-0.3, -0.25) is 4.79 Å². The quantitative estimate of drug-likeness (QED) is 0.793. The fourth-order valence-corrected chi connectivity index (χ4v) is 3.56. The van der Waals surface area contributed by atoms with Crippen molar-refractivity contribution in [2.75, 3.05) is 7.05 Å². The van der Waals surface area contributed by atoms with Crippen LogP contribution in [0.2, 0.25) is 0 Å². The summed E-state index contributed by atoms with van der Waals surface area (Å²) >= 11 is 0. The van der Waals surface area contributed by atoms with Crippen molar-refractivity contribution < 1.29 is 9.59 Å². The predicted molar refractivity (Wildman–Crippen MR) is 95.9 cm³/mol. The van der Waals surface area contributed by atoms with E-state index < -0.39 is 5.54 Å². The minimum Gasteiger partial charge on any atom is -0.357 e. The van der Waals surface area contributed by atoms with Crippen LogP contribution >= 0.6 is 0 Å². The molecule has 0 radical (unpaired) electrons. The zero-order valence-corrected chi connectivity index (χ0v) is 15.2. The van der Waals surface area contributed by atoms with Gasteiger partial charge in [-0.2, -0.15) is 0 Å². The number of hydrogen-bond donors (Lipinski definition) is 3. The van der Waals surface area contributed by atoms with E-state index in [4.69, 9.17) is 0 Å². The highest BCUT2D eigenvalue weighted by Gasteiger charge is 2.40. The molecule has 1 fully saturated rings. The summed E-state index contributed by atoms with van der Waals surface area (Å²) < 4.78 is 0. The van der Waals surface area contributed by atoms with E-state index in [1.54, 1.807) is 7.05 Å². The molecule has 1 aromatic rings. The number of nitrogens with one attached hydrogen (secondary N) is 3. The molecule has 3 N–H and O–H groups in total. The van der Waals surface area contributed by atoms with Gasteiger partial charge in [0.1, 0.15) is 5.54 Å². The van der Waals surface area contributed by atoms with Crippen LogP contribution in [0.4, 0.5) is 4.79 Å². The van der Waals surface area contributed by atoms with E-state index in [2.05, 4.69) is 34.1 Å². The fourth-order valence-electron chi connectivity index (χ4n) is 3.56. The Labute approximate surface area is 144 Å². The summed E-state index contributed by atoms with van der Waals surface area (Å²) in [6.45, 7) is 6.05. The van der Waals surface area contributed by atoms with Gasteiger partial charge in [0.15, 0.2) is 0 Å². The van der Waals surface area contributed by atoms with Gasteiger partial charge in [-0.25, -0.2) is 4.79 Å². The minimum absolute atomic E-state index is 0.100. The first-order chi connectivity index (χ1) is 11.4. The third-order valence-electron chi connectivity index (χ3n) is 4.97. The van der Waals surface area contributed by atoms with Crippen molar-refractivity contribution in [1.82, 2.24) is 16.0 Å². The molecule has 0 heterocycles. The lowest BCUT2D eigenvalue weighted by Gasteiger charge is -2.36. The molecule has 24 heavy (non-hydrogen) atoms. The van der Waals surface area contributed by atoms with Gasteiger partial charge in [0.05, 0.1) is 6.04 Å². The molecule has 132 valence electrons. The first kappa shape index (κ1) is 18.3. The Kier molecular flexibility index (Phi) is 5.86. The molecule has 5 heteroatoms. The van der Waals surface area contributed by atoms with Gasteiger partial charge in [0.2, 0.25) is 5.91 Å². The van der Waals surface area contributed by atoms with Gasteiger partial charge in [-0.15, -0.1) is 0 Å². The third kappa shape index (κ3) is 4.08. The second kappa shape index (κ2) is 7.69. The van der Waals surface area contributed by atoms with Crippen LogP contribution in [0.3, 0.4) is 0 Å². The Morgan fingerprint density at radius 2 is 1.79 bits per heavy atom. The first-order valence-corrected chi connectivity index (χ1v) is 8.76. The summed E-state index contributed by atoms with van der Waals surface area (Å²) in [6, 6.07) is 5.82. The Hall–Kier alpha value is -2.04. The van der Waals surface area contributed by atoms with Crippen molar-refractivity contribution in [3.63, 3.8) is 0 Å². The van der Waals surface area contributed by atoms with Crippen molar-refractivity contribution in [2.45, 2.75) is 64.5 Å². The fraction of sp³-hybridized carbons (Fsp3) is 0.579. The summed E-state index contributed by atoms with van der Waals surface area (Å²) in [6.07, 6.45) is 4.41. The van der Waals surface area contributed by atoms with Crippen LogP contribution in [0.15, 0.2) is 18.2 Å². The smallest absolute Gasteiger partial charge is 0.316 e. The van der Waals surface area contributed by atoms with Crippen molar-refractivity contribution >= 4 is 11.9 Å². The van der Waals surface area contributed by atoms with E-state index in [9.17, 15) is 9.59 Å². The van der Waals surface area contributed by atoms with Crippen LogP contribution in [0.25, 0.3) is 0 Å². The SMILES string of the molecule is CNC(=O)C1(NC(=O)N[C@H](C)c2cc(C)ccc2C)CCCCC1. The molecule has 0 saturated heterocycles. The second-order valence-electron chi connectivity index (χ2n) is 6.90. The van der Waals surface area contributed by atoms with E-state index in [0.29, 0.717) is 12.8 Å². The highest BCUT2D eigenvalue weighted by molar-refractivity contribution is 5.91. The number of benzene rings is 1. The molecule has 0 bridgehead atoms. The van der Waals surface area contributed by atoms with Gasteiger partial charge < -0.3 is 16.0 Å². The van der Waals surface area contributed by atoms with Gasteiger partial charge in [0.25, 0.3) is 0 Å². The maximum atomic E-state index is 12.5. The van der Waals surface area contributed by atoms with Crippen molar-refractivity contribution in [2.24, 2.45) is 0 Å². The lowest BCUT2D eigenvalue weighted by Crippen LogP contribution is -2.61. The minimum atomic E-state index is -0.779. The molecule has 0 aromatic heterocycles. The molecule has 0 aliphatic heterocycles. The number of urea groups is 1. The van der Waals surface area contributed by atoms with E-state index >= 15 is 0 Å². The maximum absolute atomic E-state index is 12.5. The molecule has 1 aromatic carbocycles. The van der Waals surface area contributed by atoms with Gasteiger partial charge >= 0.3 is 6.03 Å². The zero-order chi connectivity index (χ0) is 17.7. The van der Waals surface area contributed by atoms with Gasteiger partial charge in [0, 0.05) is 7.05 Å². The van der Waals surface area contributed by atoms with Crippen molar-refractivity contribution in [3.8, 4) is 0 Å². The summed E-state index contributed by atoms with van der Waals surface area (Å²) in [7, 11) is 1.62.